The highest BCUT2D eigenvalue weighted by molar-refractivity contribution is 9.11. The summed E-state index contributed by atoms with van der Waals surface area (Å²) in [7, 11) is 0. The zero-order chi connectivity index (χ0) is 11.5. The maximum Gasteiger partial charge on any atom is 0.239 e. The van der Waals surface area contributed by atoms with Crippen LogP contribution in [-0.2, 0) is 0 Å². The average molecular weight is 364 g/mol. The molecule has 6 heteroatoms. The first-order chi connectivity index (χ1) is 7.65. The Balaban J connectivity index is 2.27. The van der Waals surface area contributed by atoms with Gasteiger partial charge in [-0.25, -0.2) is 0 Å². The minimum absolute atomic E-state index is 0.297. The van der Waals surface area contributed by atoms with Crippen molar-refractivity contribution in [3.63, 3.8) is 0 Å². The van der Waals surface area contributed by atoms with Crippen LogP contribution in [0, 0.1) is 0 Å². The highest BCUT2D eigenvalue weighted by atomic mass is 79.9. The van der Waals surface area contributed by atoms with Gasteiger partial charge in [-0.2, -0.15) is 4.98 Å². The Morgan fingerprint density at radius 2 is 2.00 bits per heavy atom. The predicted molar refractivity (Wildman–Crippen MR) is 69.0 cm³/mol. The molecule has 0 atom stereocenters. The second kappa shape index (κ2) is 5.12. The van der Waals surface area contributed by atoms with Gasteiger partial charge in [0.05, 0.1) is 16.9 Å². The Morgan fingerprint density at radius 1 is 1.19 bits per heavy atom. The van der Waals surface area contributed by atoms with Gasteiger partial charge in [0, 0.05) is 4.47 Å². The van der Waals surface area contributed by atoms with Crippen molar-refractivity contribution in [3.05, 3.63) is 44.7 Å². The second-order valence-electron chi connectivity index (χ2n) is 2.86. The fourth-order valence-corrected chi connectivity index (χ4v) is 2.31. The van der Waals surface area contributed by atoms with E-state index in [1.165, 1.54) is 12.4 Å². The molecule has 0 spiro atoms. The van der Waals surface area contributed by atoms with Gasteiger partial charge in [0.2, 0.25) is 5.88 Å². The summed E-state index contributed by atoms with van der Waals surface area (Å²) in [6.45, 7) is 0. The van der Waals surface area contributed by atoms with E-state index in [-0.39, 0.29) is 0 Å². The maximum absolute atomic E-state index is 5.70. The van der Waals surface area contributed by atoms with Gasteiger partial charge in [-0.15, -0.1) is 0 Å². The molecule has 0 fully saturated rings. The van der Waals surface area contributed by atoms with Crippen LogP contribution in [0.5, 0.6) is 11.6 Å². The second-order valence-corrected chi connectivity index (χ2v) is 5.01. The van der Waals surface area contributed by atoms with Crippen LogP contribution in [0.25, 0.3) is 0 Å². The molecule has 1 aromatic heterocycles. The third-order valence-corrected chi connectivity index (χ3v) is 2.99. The van der Waals surface area contributed by atoms with Crippen LogP contribution in [0.3, 0.4) is 0 Å². The highest BCUT2D eigenvalue weighted by Crippen LogP contribution is 2.31. The molecule has 0 saturated heterocycles. The summed E-state index contributed by atoms with van der Waals surface area (Å²) in [5.74, 6) is 1.01. The van der Waals surface area contributed by atoms with Crippen LogP contribution in [0.4, 0.5) is 0 Å². The highest BCUT2D eigenvalue weighted by Gasteiger charge is 2.04. The zero-order valence-electron chi connectivity index (χ0n) is 7.82. The summed E-state index contributed by atoms with van der Waals surface area (Å²) in [4.78, 5) is 7.86. The standard InChI is InChI=1S/C10H5Br2ClN2O/c11-6-1-2-8(7(12)3-6)16-10-5-14-4-9(13)15-10/h1-5H. The van der Waals surface area contributed by atoms with Gasteiger partial charge < -0.3 is 4.74 Å². The molecule has 0 amide bonds. The van der Waals surface area contributed by atoms with Crippen molar-refractivity contribution in [2.75, 3.05) is 0 Å². The molecule has 0 saturated carbocycles. The molecule has 3 nitrogen and oxygen atoms in total. The number of aromatic nitrogens is 2. The van der Waals surface area contributed by atoms with Crippen molar-refractivity contribution in [2.45, 2.75) is 0 Å². The van der Waals surface area contributed by atoms with Gasteiger partial charge in [0.1, 0.15) is 5.75 Å². The first-order valence-corrected chi connectivity index (χ1v) is 6.22. The number of nitrogens with zero attached hydrogens (tertiary/aromatic N) is 2. The summed E-state index contributed by atoms with van der Waals surface area (Å²) >= 11 is 12.4. The lowest BCUT2D eigenvalue weighted by Crippen LogP contribution is -1.90. The van der Waals surface area contributed by atoms with Gasteiger partial charge in [-0.05, 0) is 34.1 Å². The van der Waals surface area contributed by atoms with Crippen molar-refractivity contribution in [3.8, 4) is 11.6 Å². The minimum Gasteiger partial charge on any atom is -0.436 e. The first-order valence-electron chi connectivity index (χ1n) is 4.25. The molecule has 0 radical (unpaired) electrons. The zero-order valence-corrected chi connectivity index (χ0v) is 11.8. The van der Waals surface area contributed by atoms with Crippen LogP contribution in [0.1, 0.15) is 0 Å². The summed E-state index contributed by atoms with van der Waals surface area (Å²) in [5.41, 5.74) is 0. The normalized spacial score (nSPS) is 10.2. The van der Waals surface area contributed by atoms with Crippen LogP contribution in [0.2, 0.25) is 5.15 Å². The molecule has 0 bridgehead atoms. The van der Waals surface area contributed by atoms with E-state index in [0.29, 0.717) is 16.8 Å². The molecule has 2 aromatic rings. The van der Waals surface area contributed by atoms with E-state index in [2.05, 4.69) is 41.8 Å². The molecule has 0 unspecified atom stereocenters. The van der Waals surface area contributed by atoms with Gasteiger partial charge in [-0.1, -0.05) is 27.5 Å². The molecule has 0 aliphatic heterocycles. The Hall–Kier alpha value is -0.650. The fraction of sp³-hybridized carbons (Fsp3) is 0. The van der Waals surface area contributed by atoms with Gasteiger partial charge in [0.15, 0.2) is 5.15 Å². The number of benzene rings is 1. The third-order valence-electron chi connectivity index (χ3n) is 1.69. The lowest BCUT2D eigenvalue weighted by atomic mass is 10.3. The van der Waals surface area contributed by atoms with Crippen LogP contribution in [0.15, 0.2) is 39.5 Å². The lowest BCUT2D eigenvalue weighted by Gasteiger charge is -2.06. The van der Waals surface area contributed by atoms with Crippen molar-refractivity contribution >= 4 is 43.5 Å². The Labute approximate surface area is 114 Å². The van der Waals surface area contributed by atoms with E-state index >= 15 is 0 Å². The average Bonchev–Trinajstić information content (AvgIpc) is 2.22. The number of hydrogen-bond donors (Lipinski definition) is 0. The number of rotatable bonds is 2. The summed E-state index contributed by atoms with van der Waals surface area (Å²) in [5, 5.41) is 0.297. The molecule has 1 aromatic carbocycles. The molecule has 82 valence electrons. The van der Waals surface area contributed by atoms with Gasteiger partial charge in [0.25, 0.3) is 0 Å². The molecular weight excluding hydrogens is 359 g/mol. The molecule has 0 aliphatic carbocycles. The van der Waals surface area contributed by atoms with E-state index in [0.717, 1.165) is 8.95 Å². The van der Waals surface area contributed by atoms with Crippen LogP contribution >= 0.6 is 43.5 Å². The van der Waals surface area contributed by atoms with Crippen molar-refractivity contribution in [1.29, 1.82) is 0 Å². The smallest absolute Gasteiger partial charge is 0.239 e. The maximum atomic E-state index is 5.70. The Kier molecular flexibility index (Phi) is 3.78. The summed E-state index contributed by atoms with van der Waals surface area (Å²) < 4.78 is 7.30. The minimum atomic E-state index is 0.297. The van der Waals surface area contributed by atoms with E-state index in [9.17, 15) is 0 Å². The lowest BCUT2D eigenvalue weighted by molar-refractivity contribution is 0.457. The molecule has 0 aliphatic rings. The Morgan fingerprint density at radius 3 is 2.69 bits per heavy atom. The quantitative estimate of drug-likeness (QED) is 0.790. The summed E-state index contributed by atoms with van der Waals surface area (Å²) in [6.07, 6.45) is 2.95. The molecular formula is C10H5Br2ClN2O. The van der Waals surface area contributed by atoms with Crippen molar-refractivity contribution < 1.29 is 4.74 Å². The molecule has 0 N–H and O–H groups in total. The topological polar surface area (TPSA) is 35.0 Å². The van der Waals surface area contributed by atoms with Gasteiger partial charge >= 0.3 is 0 Å². The van der Waals surface area contributed by atoms with Crippen molar-refractivity contribution in [2.24, 2.45) is 0 Å². The van der Waals surface area contributed by atoms with Crippen molar-refractivity contribution in [1.82, 2.24) is 9.97 Å². The monoisotopic (exact) mass is 362 g/mol. The SMILES string of the molecule is Clc1cncc(Oc2ccc(Br)cc2Br)n1. The van der Waals surface area contributed by atoms with Crippen LogP contribution in [-0.4, -0.2) is 9.97 Å². The van der Waals surface area contributed by atoms with E-state index in [4.69, 9.17) is 16.3 Å². The number of hydrogen-bond acceptors (Lipinski definition) is 3. The van der Waals surface area contributed by atoms with Gasteiger partial charge in [-0.3, -0.25) is 4.98 Å². The first kappa shape index (κ1) is 11.8. The Bertz CT molecular complexity index is 522. The van der Waals surface area contributed by atoms with E-state index in [1.807, 2.05) is 18.2 Å². The largest absolute Gasteiger partial charge is 0.436 e. The molecule has 1 heterocycles. The van der Waals surface area contributed by atoms with E-state index in [1.54, 1.807) is 0 Å². The van der Waals surface area contributed by atoms with Crippen LogP contribution < -0.4 is 4.74 Å². The summed E-state index contributed by atoms with van der Waals surface area (Å²) in [6, 6.07) is 5.57. The number of halogens is 3. The fourth-order valence-electron chi connectivity index (χ4n) is 1.05. The van der Waals surface area contributed by atoms with E-state index < -0.39 is 0 Å². The molecule has 2 rings (SSSR count). The third kappa shape index (κ3) is 2.93. The molecule has 16 heavy (non-hydrogen) atoms. The predicted octanol–water partition coefficient (Wildman–Crippen LogP) is 4.45. The number of ether oxygens (including phenoxy) is 1.